The van der Waals surface area contributed by atoms with E-state index in [2.05, 4.69) is 22.4 Å². The van der Waals surface area contributed by atoms with Crippen molar-refractivity contribution in [1.29, 1.82) is 5.26 Å². The normalized spacial score (nSPS) is 11.2. The third-order valence-electron chi connectivity index (χ3n) is 3.97. The Morgan fingerprint density at radius 2 is 2.11 bits per heavy atom. The van der Waals surface area contributed by atoms with Gasteiger partial charge >= 0.3 is 0 Å². The summed E-state index contributed by atoms with van der Waals surface area (Å²) in [4.78, 5) is 12.5. The molecular weight excluding hydrogens is 394 g/mol. The second-order valence-corrected chi connectivity index (χ2v) is 7.51. The van der Waals surface area contributed by atoms with Crippen molar-refractivity contribution in [2.24, 2.45) is 0 Å². The van der Waals surface area contributed by atoms with Crippen LogP contribution in [-0.2, 0) is 11.2 Å². The van der Waals surface area contributed by atoms with E-state index in [4.69, 9.17) is 11.6 Å². The van der Waals surface area contributed by atoms with E-state index >= 15 is 0 Å². The zero-order valence-electron chi connectivity index (χ0n) is 15.2. The number of aromatic nitrogens is 3. The van der Waals surface area contributed by atoms with E-state index in [1.54, 1.807) is 18.2 Å². The van der Waals surface area contributed by atoms with E-state index in [0.717, 1.165) is 30.0 Å². The van der Waals surface area contributed by atoms with Crippen molar-refractivity contribution in [3.63, 3.8) is 0 Å². The summed E-state index contributed by atoms with van der Waals surface area (Å²) in [6.07, 6.45) is 6.32. The predicted molar refractivity (Wildman–Crippen MR) is 112 cm³/mol. The van der Waals surface area contributed by atoms with Gasteiger partial charge in [0.25, 0.3) is 5.91 Å². The van der Waals surface area contributed by atoms with Gasteiger partial charge in [0.15, 0.2) is 0 Å². The summed E-state index contributed by atoms with van der Waals surface area (Å²) in [7, 11) is 0. The van der Waals surface area contributed by atoms with Crippen LogP contribution >= 0.6 is 22.9 Å². The van der Waals surface area contributed by atoms with Gasteiger partial charge in [0, 0.05) is 29.0 Å². The summed E-state index contributed by atoms with van der Waals surface area (Å²) in [5, 5.41) is 22.1. The Balaban J connectivity index is 1.78. The Bertz CT molecular complexity index is 1030. The van der Waals surface area contributed by atoms with Gasteiger partial charge in [-0.05, 0) is 48.9 Å². The lowest BCUT2D eigenvalue weighted by atomic mass is 10.2. The lowest BCUT2D eigenvalue weighted by molar-refractivity contribution is -0.112. The summed E-state index contributed by atoms with van der Waals surface area (Å²) < 4.78 is 1.87. The molecule has 8 heteroatoms. The van der Waals surface area contributed by atoms with Gasteiger partial charge in [-0.1, -0.05) is 36.3 Å². The molecule has 0 aliphatic carbocycles. The molecule has 28 heavy (non-hydrogen) atoms. The number of nitriles is 1. The zero-order chi connectivity index (χ0) is 19.9. The number of anilines is 1. The first kappa shape index (κ1) is 19.8. The molecule has 0 aliphatic rings. The number of hydrogen-bond donors (Lipinski definition) is 1. The second-order valence-electron chi connectivity index (χ2n) is 6.01. The minimum Gasteiger partial charge on any atom is -0.317 e. The highest BCUT2D eigenvalue weighted by Gasteiger charge is 2.14. The van der Waals surface area contributed by atoms with Crippen LogP contribution in [0.25, 0.3) is 11.8 Å². The van der Waals surface area contributed by atoms with Crippen LogP contribution < -0.4 is 5.32 Å². The fraction of sp³-hybridized carbons (Fsp3) is 0.200. The van der Waals surface area contributed by atoms with E-state index in [1.807, 2.05) is 41.1 Å². The van der Waals surface area contributed by atoms with E-state index in [0.29, 0.717) is 15.8 Å². The van der Waals surface area contributed by atoms with Crippen molar-refractivity contribution in [2.75, 3.05) is 5.32 Å². The van der Waals surface area contributed by atoms with Crippen LogP contribution in [0.15, 0.2) is 48.2 Å². The number of halogens is 1. The average molecular weight is 412 g/mol. The molecule has 3 rings (SSSR count). The van der Waals surface area contributed by atoms with Gasteiger partial charge in [-0.25, -0.2) is 0 Å². The maximum atomic E-state index is 12.5. The van der Waals surface area contributed by atoms with Crippen molar-refractivity contribution in [1.82, 2.24) is 14.8 Å². The van der Waals surface area contributed by atoms with E-state index < -0.39 is 5.91 Å². The number of aryl methyl sites for hydroxylation is 1. The first-order valence-electron chi connectivity index (χ1n) is 8.79. The lowest BCUT2D eigenvalue weighted by Crippen LogP contribution is -2.13. The Morgan fingerprint density at radius 1 is 1.32 bits per heavy atom. The molecule has 0 saturated carbocycles. The highest BCUT2D eigenvalue weighted by atomic mass is 35.5. The van der Waals surface area contributed by atoms with Gasteiger partial charge in [-0.15, -0.1) is 10.2 Å². The highest BCUT2D eigenvalue weighted by Crippen LogP contribution is 2.20. The summed E-state index contributed by atoms with van der Waals surface area (Å²) in [5.74, 6) is -0.510. The van der Waals surface area contributed by atoms with Crippen LogP contribution in [0.2, 0.25) is 5.02 Å². The number of carbonyl (C=O) groups is 1. The molecule has 1 aromatic carbocycles. The quantitative estimate of drug-likeness (QED) is 0.444. The topological polar surface area (TPSA) is 83.6 Å². The van der Waals surface area contributed by atoms with Crippen molar-refractivity contribution in [3.05, 3.63) is 63.9 Å². The number of rotatable bonds is 7. The number of hydrogen-bond acceptors (Lipinski definition) is 5. The number of benzene rings is 1. The van der Waals surface area contributed by atoms with Crippen molar-refractivity contribution in [2.45, 2.75) is 26.2 Å². The molecule has 142 valence electrons. The summed E-state index contributed by atoms with van der Waals surface area (Å²) >= 11 is 7.27. The van der Waals surface area contributed by atoms with Gasteiger partial charge in [-0.3, -0.25) is 10.1 Å². The van der Waals surface area contributed by atoms with Crippen molar-refractivity contribution >= 4 is 40.1 Å². The standard InChI is InChI=1S/C20H18ClN5OS/c1-2-3-6-18-24-25-20(28-18)23-19(27)14(13-22)12-17-5-4-11-26(17)16-9-7-15(21)8-10-16/h4-5,7-12H,2-3,6H2,1H3,(H,23,25,27)/b14-12-. The van der Waals surface area contributed by atoms with Gasteiger partial charge in [-0.2, -0.15) is 5.26 Å². The average Bonchev–Trinajstić information content (AvgIpc) is 3.34. The third kappa shape index (κ3) is 4.85. The zero-order valence-corrected chi connectivity index (χ0v) is 16.8. The molecule has 0 aliphatic heterocycles. The Kier molecular flexibility index (Phi) is 6.58. The minimum atomic E-state index is -0.510. The monoisotopic (exact) mass is 411 g/mol. The smallest absolute Gasteiger partial charge is 0.268 e. The minimum absolute atomic E-state index is 0.0146. The van der Waals surface area contributed by atoms with Crippen molar-refractivity contribution < 1.29 is 4.79 Å². The molecule has 0 spiro atoms. The van der Waals surface area contributed by atoms with Crippen molar-refractivity contribution in [3.8, 4) is 11.8 Å². The first-order chi connectivity index (χ1) is 13.6. The summed E-state index contributed by atoms with van der Waals surface area (Å²) in [6, 6.07) is 12.9. The molecule has 1 amide bonds. The number of carbonyl (C=O) groups excluding carboxylic acids is 1. The molecule has 1 N–H and O–H groups in total. The number of nitrogens with one attached hydrogen (secondary N) is 1. The molecular formula is C20H18ClN5OS. The summed E-state index contributed by atoms with van der Waals surface area (Å²) in [5.41, 5.74) is 1.57. The maximum Gasteiger partial charge on any atom is 0.268 e. The van der Waals surface area contributed by atoms with Crippen LogP contribution in [-0.4, -0.2) is 20.7 Å². The van der Waals surface area contributed by atoms with Crippen LogP contribution in [0.4, 0.5) is 5.13 Å². The van der Waals surface area contributed by atoms with Crippen LogP contribution in [0.1, 0.15) is 30.5 Å². The van der Waals surface area contributed by atoms with Gasteiger partial charge in [0.05, 0.1) is 0 Å². The SMILES string of the molecule is CCCCc1nnc(NC(=O)/C(C#N)=C\c2cccn2-c2ccc(Cl)cc2)s1. The van der Waals surface area contributed by atoms with E-state index in [9.17, 15) is 10.1 Å². The Morgan fingerprint density at radius 3 is 2.82 bits per heavy atom. The summed E-state index contributed by atoms with van der Waals surface area (Å²) in [6.45, 7) is 2.10. The maximum absolute atomic E-state index is 12.5. The highest BCUT2D eigenvalue weighted by molar-refractivity contribution is 7.15. The predicted octanol–water partition coefficient (Wildman–Crippen LogP) is 4.87. The van der Waals surface area contributed by atoms with Crippen LogP contribution in [0.3, 0.4) is 0 Å². The van der Waals surface area contributed by atoms with Gasteiger partial charge in [0.2, 0.25) is 5.13 Å². The molecule has 0 atom stereocenters. The Hall–Kier alpha value is -2.95. The fourth-order valence-corrected chi connectivity index (χ4v) is 3.45. The molecule has 3 aromatic rings. The number of unbranched alkanes of at least 4 members (excludes halogenated alkanes) is 1. The first-order valence-corrected chi connectivity index (χ1v) is 9.99. The molecule has 2 aromatic heterocycles. The third-order valence-corrected chi connectivity index (χ3v) is 5.12. The molecule has 2 heterocycles. The Labute approximate surface area is 172 Å². The number of nitrogens with zero attached hydrogens (tertiary/aromatic N) is 4. The second kappa shape index (κ2) is 9.31. The molecule has 0 radical (unpaired) electrons. The number of amides is 1. The molecule has 0 bridgehead atoms. The largest absolute Gasteiger partial charge is 0.317 e. The lowest BCUT2D eigenvalue weighted by Gasteiger charge is -2.07. The van der Waals surface area contributed by atoms with Gasteiger partial charge < -0.3 is 4.57 Å². The van der Waals surface area contributed by atoms with Crippen LogP contribution in [0, 0.1) is 11.3 Å². The molecule has 6 nitrogen and oxygen atoms in total. The molecule has 0 unspecified atom stereocenters. The fourth-order valence-electron chi connectivity index (χ4n) is 2.54. The van der Waals surface area contributed by atoms with Crippen LogP contribution in [0.5, 0.6) is 0 Å². The van der Waals surface area contributed by atoms with Gasteiger partial charge in [0.1, 0.15) is 16.6 Å². The molecule has 0 saturated heterocycles. The molecule has 0 fully saturated rings. The van der Waals surface area contributed by atoms with E-state index in [-0.39, 0.29) is 5.57 Å². The van der Waals surface area contributed by atoms with E-state index in [1.165, 1.54) is 11.3 Å².